The van der Waals surface area contributed by atoms with Gasteiger partial charge in [0.05, 0.1) is 5.69 Å². The highest BCUT2D eigenvalue weighted by Crippen LogP contribution is 2.25. The molecule has 0 aliphatic carbocycles. The summed E-state index contributed by atoms with van der Waals surface area (Å²) in [6.45, 7) is 10.6. The first-order valence-electron chi connectivity index (χ1n) is 9.80. The molecule has 1 fully saturated rings. The molecule has 2 amide bonds. The molecule has 1 heterocycles. The molecular formula is C23H29N3O2. The molecule has 0 radical (unpaired) electrons. The van der Waals surface area contributed by atoms with Crippen LogP contribution < -0.4 is 9.80 Å². The summed E-state index contributed by atoms with van der Waals surface area (Å²) in [5.74, 6) is -0.106. The van der Waals surface area contributed by atoms with Crippen molar-refractivity contribution in [2.24, 2.45) is 0 Å². The summed E-state index contributed by atoms with van der Waals surface area (Å²) < 4.78 is 0. The topological polar surface area (TPSA) is 43.9 Å². The SMILES string of the molecule is CC(=O)N(CC(=O)N1CCN(c2cccc(C)c2)CC1)c1c(C)cccc1C. The molecule has 0 unspecified atom stereocenters. The first-order chi connectivity index (χ1) is 13.4. The standard InChI is InChI=1S/C23H29N3O2/c1-17-7-5-10-21(15-17)24-11-13-25(14-12-24)22(28)16-26(20(4)27)23-18(2)8-6-9-19(23)3/h5-10,15H,11-14,16H2,1-4H3. The Bertz CT molecular complexity index is 850. The average Bonchev–Trinajstić information content (AvgIpc) is 2.67. The zero-order valence-electron chi connectivity index (χ0n) is 17.2. The van der Waals surface area contributed by atoms with Crippen molar-refractivity contribution in [1.82, 2.24) is 4.90 Å². The Labute approximate surface area is 167 Å². The summed E-state index contributed by atoms with van der Waals surface area (Å²) in [5, 5.41) is 0. The Morgan fingerprint density at radius 3 is 2.11 bits per heavy atom. The number of nitrogens with zero attached hydrogens (tertiary/aromatic N) is 3. The van der Waals surface area contributed by atoms with Crippen molar-refractivity contribution in [3.05, 3.63) is 59.2 Å². The van der Waals surface area contributed by atoms with Crippen molar-refractivity contribution in [3.8, 4) is 0 Å². The van der Waals surface area contributed by atoms with Gasteiger partial charge >= 0.3 is 0 Å². The number of benzene rings is 2. The number of hydrogen-bond acceptors (Lipinski definition) is 3. The van der Waals surface area contributed by atoms with E-state index in [-0.39, 0.29) is 18.4 Å². The monoisotopic (exact) mass is 379 g/mol. The van der Waals surface area contributed by atoms with Gasteiger partial charge in [-0.3, -0.25) is 9.59 Å². The predicted octanol–water partition coefficient (Wildman–Crippen LogP) is 3.31. The maximum Gasteiger partial charge on any atom is 0.242 e. The second kappa shape index (κ2) is 8.46. The van der Waals surface area contributed by atoms with Gasteiger partial charge in [0, 0.05) is 38.8 Å². The van der Waals surface area contributed by atoms with Gasteiger partial charge in [-0.2, -0.15) is 0 Å². The number of amides is 2. The van der Waals surface area contributed by atoms with Gasteiger partial charge in [0.2, 0.25) is 11.8 Å². The Morgan fingerprint density at radius 1 is 0.929 bits per heavy atom. The first kappa shape index (κ1) is 19.9. The third-order valence-corrected chi connectivity index (χ3v) is 5.38. The molecule has 0 spiro atoms. The lowest BCUT2D eigenvalue weighted by Gasteiger charge is -2.37. The number of carbonyl (C=O) groups excluding carboxylic acids is 2. The van der Waals surface area contributed by atoms with Crippen molar-refractivity contribution >= 4 is 23.2 Å². The first-order valence-corrected chi connectivity index (χ1v) is 9.80. The van der Waals surface area contributed by atoms with Gasteiger partial charge in [0.15, 0.2) is 0 Å². The highest BCUT2D eigenvalue weighted by atomic mass is 16.2. The normalized spacial score (nSPS) is 14.1. The van der Waals surface area contributed by atoms with Crippen LogP contribution in [0.3, 0.4) is 0 Å². The quantitative estimate of drug-likeness (QED) is 0.819. The van der Waals surface area contributed by atoms with Gasteiger partial charge in [-0.05, 0) is 49.6 Å². The van der Waals surface area contributed by atoms with Crippen LogP contribution in [0.1, 0.15) is 23.6 Å². The number of aryl methyl sites for hydroxylation is 3. The lowest BCUT2D eigenvalue weighted by molar-refractivity contribution is -0.131. The zero-order chi connectivity index (χ0) is 20.3. The summed E-state index contributed by atoms with van der Waals surface area (Å²) in [6.07, 6.45) is 0. The number of hydrogen-bond donors (Lipinski definition) is 0. The minimum absolute atomic E-state index is 0.00162. The summed E-state index contributed by atoms with van der Waals surface area (Å²) in [4.78, 5) is 31.0. The van der Waals surface area contributed by atoms with E-state index in [2.05, 4.69) is 36.1 Å². The number of carbonyl (C=O) groups is 2. The maximum atomic E-state index is 12.9. The fraction of sp³-hybridized carbons (Fsp3) is 0.391. The Hall–Kier alpha value is -2.82. The highest BCUT2D eigenvalue weighted by Gasteiger charge is 2.25. The van der Waals surface area contributed by atoms with E-state index in [0.29, 0.717) is 13.1 Å². The maximum absolute atomic E-state index is 12.9. The van der Waals surface area contributed by atoms with Crippen molar-refractivity contribution in [2.45, 2.75) is 27.7 Å². The van der Waals surface area contributed by atoms with Crippen LogP contribution in [0.2, 0.25) is 0 Å². The van der Waals surface area contributed by atoms with Crippen LogP contribution >= 0.6 is 0 Å². The summed E-state index contributed by atoms with van der Waals surface area (Å²) in [5.41, 5.74) is 5.30. The van der Waals surface area contributed by atoms with E-state index in [9.17, 15) is 9.59 Å². The number of para-hydroxylation sites is 1. The molecule has 0 atom stereocenters. The Balaban J connectivity index is 1.66. The van der Waals surface area contributed by atoms with Crippen LogP contribution in [-0.2, 0) is 9.59 Å². The van der Waals surface area contributed by atoms with Crippen molar-refractivity contribution in [3.63, 3.8) is 0 Å². The highest BCUT2D eigenvalue weighted by molar-refractivity contribution is 5.98. The van der Waals surface area contributed by atoms with Crippen molar-refractivity contribution in [1.29, 1.82) is 0 Å². The van der Waals surface area contributed by atoms with E-state index in [1.807, 2.05) is 36.9 Å². The summed E-state index contributed by atoms with van der Waals surface area (Å²) in [7, 11) is 0. The van der Waals surface area contributed by atoms with Gasteiger partial charge in [0.25, 0.3) is 0 Å². The van der Waals surface area contributed by atoms with Gasteiger partial charge in [-0.1, -0.05) is 30.3 Å². The van der Waals surface area contributed by atoms with E-state index in [1.54, 1.807) is 4.90 Å². The predicted molar refractivity (Wildman–Crippen MR) is 114 cm³/mol. The molecule has 5 nitrogen and oxygen atoms in total. The molecule has 5 heteroatoms. The largest absolute Gasteiger partial charge is 0.368 e. The van der Waals surface area contributed by atoms with E-state index < -0.39 is 0 Å². The number of rotatable bonds is 4. The van der Waals surface area contributed by atoms with Crippen molar-refractivity contribution < 1.29 is 9.59 Å². The smallest absolute Gasteiger partial charge is 0.242 e. The molecule has 1 aliphatic rings. The lowest BCUT2D eigenvalue weighted by atomic mass is 10.1. The third-order valence-electron chi connectivity index (χ3n) is 5.38. The molecular weight excluding hydrogens is 350 g/mol. The Morgan fingerprint density at radius 2 is 1.54 bits per heavy atom. The fourth-order valence-corrected chi connectivity index (χ4v) is 3.85. The Kier molecular flexibility index (Phi) is 6.02. The lowest BCUT2D eigenvalue weighted by Crippen LogP contribution is -2.52. The van der Waals surface area contributed by atoms with Crippen LogP contribution in [-0.4, -0.2) is 49.4 Å². The molecule has 0 N–H and O–H groups in total. The van der Waals surface area contributed by atoms with Crippen LogP contribution in [0.15, 0.2) is 42.5 Å². The van der Waals surface area contributed by atoms with Crippen LogP contribution in [0.25, 0.3) is 0 Å². The van der Waals surface area contributed by atoms with Gasteiger partial charge in [-0.15, -0.1) is 0 Å². The van der Waals surface area contributed by atoms with Crippen LogP contribution in [0.4, 0.5) is 11.4 Å². The van der Waals surface area contributed by atoms with Crippen molar-refractivity contribution in [2.75, 3.05) is 42.5 Å². The van der Waals surface area contributed by atoms with E-state index >= 15 is 0 Å². The fourth-order valence-electron chi connectivity index (χ4n) is 3.85. The molecule has 1 saturated heterocycles. The average molecular weight is 380 g/mol. The number of piperazine rings is 1. The van der Waals surface area contributed by atoms with Crippen LogP contribution in [0, 0.1) is 20.8 Å². The molecule has 0 aromatic heterocycles. The minimum Gasteiger partial charge on any atom is -0.368 e. The molecule has 2 aromatic rings. The molecule has 3 rings (SSSR count). The second-order valence-corrected chi connectivity index (χ2v) is 7.55. The summed E-state index contributed by atoms with van der Waals surface area (Å²) in [6, 6.07) is 14.4. The molecule has 2 aromatic carbocycles. The molecule has 0 saturated carbocycles. The third kappa shape index (κ3) is 4.35. The molecule has 1 aliphatic heterocycles. The zero-order valence-corrected chi connectivity index (χ0v) is 17.2. The molecule has 148 valence electrons. The molecule has 28 heavy (non-hydrogen) atoms. The van der Waals surface area contributed by atoms with E-state index in [0.717, 1.165) is 29.9 Å². The van der Waals surface area contributed by atoms with E-state index in [4.69, 9.17) is 0 Å². The number of anilines is 2. The van der Waals surface area contributed by atoms with Gasteiger partial charge < -0.3 is 14.7 Å². The van der Waals surface area contributed by atoms with Gasteiger partial charge in [-0.25, -0.2) is 0 Å². The molecule has 0 bridgehead atoms. The minimum atomic E-state index is -0.107. The second-order valence-electron chi connectivity index (χ2n) is 7.55. The summed E-state index contributed by atoms with van der Waals surface area (Å²) >= 11 is 0. The van der Waals surface area contributed by atoms with Gasteiger partial charge in [0.1, 0.15) is 6.54 Å². The van der Waals surface area contributed by atoms with E-state index in [1.165, 1.54) is 18.2 Å². The van der Waals surface area contributed by atoms with Crippen LogP contribution in [0.5, 0.6) is 0 Å².